The number of amides is 4. The number of rotatable bonds is 4. The Hall–Kier alpha value is -3.41. The Kier molecular flexibility index (Phi) is 5.65. The molecule has 30 heavy (non-hydrogen) atoms. The zero-order chi connectivity index (χ0) is 21.1. The number of nitrogens with zero attached hydrogens (tertiary/aromatic N) is 2. The molecule has 0 spiro atoms. The minimum absolute atomic E-state index is 0.0498. The molecule has 1 N–H and O–H groups in total. The average Bonchev–Trinajstić information content (AvgIpc) is 2.78. The van der Waals surface area contributed by atoms with E-state index in [1.54, 1.807) is 18.2 Å². The van der Waals surface area contributed by atoms with Gasteiger partial charge in [0.1, 0.15) is 5.57 Å². The lowest BCUT2D eigenvalue weighted by atomic mass is 10.0. The molecule has 0 atom stereocenters. The van der Waals surface area contributed by atoms with Gasteiger partial charge in [0.05, 0.1) is 5.69 Å². The van der Waals surface area contributed by atoms with E-state index in [1.807, 2.05) is 43.3 Å². The standard InChI is InChI=1S/C24H25N3O3/c1-2-18-8-4-5-9-21(18)27-23(29)20(22(28)25-24(27)30)16-17-10-12-19(13-11-17)26-14-6-3-7-15-26/h4-5,8-13,16H,2-3,6-7,14-15H2,1H3,(H,25,28,30)/b20-16+. The van der Waals surface area contributed by atoms with Gasteiger partial charge in [-0.3, -0.25) is 14.9 Å². The summed E-state index contributed by atoms with van der Waals surface area (Å²) >= 11 is 0. The number of piperidine rings is 1. The van der Waals surface area contributed by atoms with Crippen molar-refractivity contribution < 1.29 is 14.4 Å². The van der Waals surface area contributed by atoms with Gasteiger partial charge in [-0.15, -0.1) is 0 Å². The maximum atomic E-state index is 13.1. The first kappa shape index (κ1) is 19.9. The summed E-state index contributed by atoms with van der Waals surface area (Å²) in [6.07, 6.45) is 5.88. The smallest absolute Gasteiger partial charge is 0.335 e. The number of carbonyl (C=O) groups excluding carboxylic acids is 3. The minimum atomic E-state index is -0.719. The summed E-state index contributed by atoms with van der Waals surface area (Å²) in [4.78, 5) is 41.4. The van der Waals surface area contributed by atoms with Crippen LogP contribution in [0.15, 0.2) is 54.1 Å². The van der Waals surface area contributed by atoms with Crippen LogP contribution in [0, 0.1) is 0 Å². The molecular weight excluding hydrogens is 378 g/mol. The number of anilines is 2. The molecule has 0 bridgehead atoms. The molecule has 0 aromatic heterocycles. The molecule has 6 nitrogen and oxygen atoms in total. The number of urea groups is 1. The van der Waals surface area contributed by atoms with E-state index in [1.165, 1.54) is 19.3 Å². The zero-order valence-corrected chi connectivity index (χ0v) is 17.1. The molecule has 2 heterocycles. The lowest BCUT2D eigenvalue weighted by molar-refractivity contribution is -0.122. The van der Waals surface area contributed by atoms with Crippen molar-refractivity contribution in [1.82, 2.24) is 5.32 Å². The Balaban J connectivity index is 1.62. The van der Waals surface area contributed by atoms with Crippen molar-refractivity contribution >= 4 is 35.3 Å². The Morgan fingerprint density at radius 1 is 0.933 bits per heavy atom. The molecule has 0 unspecified atom stereocenters. The molecule has 2 aromatic rings. The van der Waals surface area contributed by atoms with Crippen molar-refractivity contribution in [2.75, 3.05) is 22.9 Å². The molecule has 0 aliphatic carbocycles. The third-order valence-electron chi connectivity index (χ3n) is 5.64. The van der Waals surface area contributed by atoms with Crippen LogP contribution in [0.1, 0.15) is 37.3 Å². The monoisotopic (exact) mass is 403 g/mol. The van der Waals surface area contributed by atoms with Gasteiger partial charge in [-0.05, 0) is 61.1 Å². The SMILES string of the molecule is CCc1ccccc1N1C(=O)NC(=O)/C(=C\c2ccc(N3CCCCC3)cc2)C1=O. The fourth-order valence-corrected chi connectivity index (χ4v) is 4.00. The normalized spacial score (nSPS) is 18.7. The van der Waals surface area contributed by atoms with Crippen molar-refractivity contribution in [3.8, 4) is 0 Å². The van der Waals surface area contributed by atoms with Crippen molar-refractivity contribution in [3.63, 3.8) is 0 Å². The van der Waals surface area contributed by atoms with Crippen LogP contribution in [0.25, 0.3) is 6.08 Å². The number of carbonyl (C=O) groups is 3. The largest absolute Gasteiger partial charge is 0.372 e. The molecule has 2 aliphatic rings. The van der Waals surface area contributed by atoms with Gasteiger partial charge in [-0.2, -0.15) is 0 Å². The van der Waals surface area contributed by atoms with Gasteiger partial charge in [0.2, 0.25) is 0 Å². The van der Waals surface area contributed by atoms with E-state index in [4.69, 9.17) is 0 Å². The van der Waals surface area contributed by atoms with Crippen LogP contribution in [0.2, 0.25) is 0 Å². The van der Waals surface area contributed by atoms with Gasteiger partial charge in [-0.1, -0.05) is 37.3 Å². The predicted molar refractivity (Wildman–Crippen MR) is 117 cm³/mol. The van der Waals surface area contributed by atoms with E-state index in [2.05, 4.69) is 10.2 Å². The van der Waals surface area contributed by atoms with Crippen molar-refractivity contribution in [2.24, 2.45) is 0 Å². The maximum Gasteiger partial charge on any atom is 0.335 e. The van der Waals surface area contributed by atoms with Crippen LogP contribution in [-0.2, 0) is 16.0 Å². The zero-order valence-electron chi connectivity index (χ0n) is 17.1. The number of aryl methyl sites for hydroxylation is 1. The Morgan fingerprint density at radius 2 is 1.63 bits per heavy atom. The number of hydrogen-bond acceptors (Lipinski definition) is 4. The molecule has 154 valence electrons. The molecule has 2 fully saturated rings. The van der Waals surface area contributed by atoms with Crippen molar-refractivity contribution in [2.45, 2.75) is 32.6 Å². The Bertz CT molecular complexity index is 1000. The highest BCUT2D eigenvalue weighted by atomic mass is 16.2. The van der Waals surface area contributed by atoms with Gasteiger partial charge >= 0.3 is 6.03 Å². The first-order valence-corrected chi connectivity index (χ1v) is 10.4. The first-order chi connectivity index (χ1) is 14.6. The fraction of sp³-hybridized carbons (Fsp3) is 0.292. The summed E-state index contributed by atoms with van der Waals surface area (Å²) in [5.41, 5.74) is 3.20. The van der Waals surface area contributed by atoms with Crippen molar-refractivity contribution in [3.05, 3.63) is 65.2 Å². The van der Waals surface area contributed by atoms with E-state index in [-0.39, 0.29) is 5.57 Å². The summed E-state index contributed by atoms with van der Waals surface area (Å²) in [6.45, 7) is 4.06. The van der Waals surface area contributed by atoms with Crippen LogP contribution in [0.3, 0.4) is 0 Å². The number of imide groups is 2. The number of barbiturate groups is 1. The van der Waals surface area contributed by atoms with Gasteiger partial charge in [0.25, 0.3) is 11.8 Å². The molecule has 2 aliphatic heterocycles. The number of nitrogens with one attached hydrogen (secondary N) is 1. The quantitative estimate of drug-likeness (QED) is 0.621. The van der Waals surface area contributed by atoms with E-state index >= 15 is 0 Å². The summed E-state index contributed by atoms with van der Waals surface area (Å²) in [6, 6.07) is 14.3. The van der Waals surface area contributed by atoms with Gasteiger partial charge < -0.3 is 4.90 Å². The molecule has 4 rings (SSSR count). The van der Waals surface area contributed by atoms with Crippen molar-refractivity contribution in [1.29, 1.82) is 0 Å². The third-order valence-corrected chi connectivity index (χ3v) is 5.64. The van der Waals surface area contributed by atoms with Gasteiger partial charge in [0, 0.05) is 18.8 Å². The number of para-hydroxylation sites is 1. The topological polar surface area (TPSA) is 69.7 Å². The second-order valence-corrected chi connectivity index (χ2v) is 7.58. The molecule has 6 heteroatoms. The Morgan fingerprint density at radius 3 is 2.33 bits per heavy atom. The fourth-order valence-electron chi connectivity index (χ4n) is 4.00. The van der Waals surface area contributed by atoms with Crippen LogP contribution >= 0.6 is 0 Å². The first-order valence-electron chi connectivity index (χ1n) is 10.4. The second kappa shape index (κ2) is 8.53. The highest BCUT2D eigenvalue weighted by Gasteiger charge is 2.37. The maximum absolute atomic E-state index is 13.1. The highest BCUT2D eigenvalue weighted by molar-refractivity contribution is 6.39. The molecule has 0 saturated carbocycles. The Labute approximate surface area is 176 Å². The van der Waals surface area contributed by atoms with Crippen LogP contribution in [0.5, 0.6) is 0 Å². The summed E-state index contributed by atoms with van der Waals surface area (Å²) in [5, 5.41) is 2.29. The lowest BCUT2D eigenvalue weighted by Crippen LogP contribution is -2.54. The third kappa shape index (κ3) is 3.85. The number of hydrogen-bond donors (Lipinski definition) is 1. The van der Waals surface area contributed by atoms with E-state index in [9.17, 15) is 14.4 Å². The van der Waals surface area contributed by atoms with Gasteiger partial charge in [0.15, 0.2) is 0 Å². The highest BCUT2D eigenvalue weighted by Crippen LogP contribution is 2.26. The molecule has 2 saturated heterocycles. The van der Waals surface area contributed by atoms with Crippen LogP contribution in [0.4, 0.5) is 16.2 Å². The van der Waals surface area contributed by atoms with Crippen LogP contribution in [-0.4, -0.2) is 30.9 Å². The summed E-state index contributed by atoms with van der Waals surface area (Å²) in [7, 11) is 0. The van der Waals surface area contributed by atoms with Crippen LogP contribution < -0.4 is 15.1 Å². The van der Waals surface area contributed by atoms with E-state index < -0.39 is 17.8 Å². The minimum Gasteiger partial charge on any atom is -0.372 e. The molecule has 4 amide bonds. The molecular formula is C24H25N3O3. The lowest BCUT2D eigenvalue weighted by Gasteiger charge is -2.29. The molecule has 2 aromatic carbocycles. The van der Waals surface area contributed by atoms with E-state index in [0.29, 0.717) is 12.1 Å². The number of benzene rings is 2. The summed E-state index contributed by atoms with van der Waals surface area (Å²) in [5.74, 6) is -1.28. The van der Waals surface area contributed by atoms with E-state index in [0.717, 1.165) is 34.8 Å². The summed E-state index contributed by atoms with van der Waals surface area (Å²) < 4.78 is 0. The molecule has 0 radical (unpaired) electrons. The predicted octanol–water partition coefficient (Wildman–Crippen LogP) is 3.91. The average molecular weight is 403 g/mol. The van der Waals surface area contributed by atoms with Gasteiger partial charge in [-0.25, -0.2) is 9.69 Å². The second-order valence-electron chi connectivity index (χ2n) is 7.58.